The summed E-state index contributed by atoms with van der Waals surface area (Å²) < 4.78 is 0. The molecule has 0 unspecified atom stereocenters. The number of carbonyl (C=O) groups excluding carboxylic acids is 1. The molecule has 0 aliphatic heterocycles. The number of thiazole rings is 1. The lowest BCUT2D eigenvalue weighted by Crippen LogP contribution is -2.15. The summed E-state index contributed by atoms with van der Waals surface area (Å²) in [4.78, 5) is 17.1. The van der Waals surface area contributed by atoms with Crippen LogP contribution >= 0.6 is 11.3 Å². The smallest absolute Gasteiger partial charge is 0.227 e. The number of anilines is 1. The van der Waals surface area contributed by atoms with Crippen molar-refractivity contribution in [1.29, 1.82) is 0 Å². The molecule has 3 N–H and O–H groups in total. The van der Waals surface area contributed by atoms with E-state index >= 15 is 0 Å². The zero-order chi connectivity index (χ0) is 14.5. The standard InChI is InChI=1S/C15H19N3OS/c1-3-11-4-6-12(7-5-11)14-10(2)20-15(18-14)17-13(19)8-9-16/h4-7H,3,8-9,16H2,1-2H3,(H,17,18,19). The van der Waals surface area contributed by atoms with Crippen molar-refractivity contribution >= 4 is 22.4 Å². The van der Waals surface area contributed by atoms with E-state index in [1.165, 1.54) is 16.9 Å². The van der Waals surface area contributed by atoms with Crippen molar-refractivity contribution in [1.82, 2.24) is 4.98 Å². The Bertz CT molecular complexity index is 590. The summed E-state index contributed by atoms with van der Waals surface area (Å²) in [7, 11) is 0. The minimum absolute atomic E-state index is 0.0888. The molecule has 0 fully saturated rings. The normalized spacial score (nSPS) is 10.6. The minimum atomic E-state index is -0.0888. The monoisotopic (exact) mass is 289 g/mol. The molecule has 0 aliphatic carbocycles. The lowest BCUT2D eigenvalue weighted by molar-refractivity contribution is -0.116. The summed E-state index contributed by atoms with van der Waals surface area (Å²) in [5.41, 5.74) is 8.67. The van der Waals surface area contributed by atoms with Crippen LogP contribution in [0.15, 0.2) is 24.3 Å². The third kappa shape index (κ3) is 3.43. The highest BCUT2D eigenvalue weighted by Gasteiger charge is 2.11. The topological polar surface area (TPSA) is 68.0 Å². The van der Waals surface area contributed by atoms with Gasteiger partial charge in [0.05, 0.1) is 5.69 Å². The number of hydrogen-bond acceptors (Lipinski definition) is 4. The summed E-state index contributed by atoms with van der Waals surface area (Å²) in [6.45, 7) is 4.50. The molecule has 2 aromatic rings. The van der Waals surface area contributed by atoms with Crippen molar-refractivity contribution in [2.24, 2.45) is 5.73 Å². The molecule has 1 heterocycles. The number of nitrogens with one attached hydrogen (secondary N) is 1. The van der Waals surface area contributed by atoms with E-state index in [4.69, 9.17) is 5.73 Å². The highest BCUT2D eigenvalue weighted by Crippen LogP contribution is 2.30. The van der Waals surface area contributed by atoms with Gasteiger partial charge in [0, 0.05) is 23.4 Å². The van der Waals surface area contributed by atoms with Crippen molar-refractivity contribution in [2.45, 2.75) is 26.7 Å². The van der Waals surface area contributed by atoms with Crippen LogP contribution in [0, 0.1) is 6.92 Å². The summed E-state index contributed by atoms with van der Waals surface area (Å²) in [5, 5.41) is 3.42. The average molecular weight is 289 g/mol. The third-order valence-corrected chi connectivity index (χ3v) is 3.94. The number of rotatable bonds is 5. The second kappa shape index (κ2) is 6.63. The molecule has 1 aromatic carbocycles. The first-order valence-electron chi connectivity index (χ1n) is 6.70. The summed E-state index contributed by atoms with van der Waals surface area (Å²) in [6, 6.07) is 8.38. The number of nitrogens with zero attached hydrogens (tertiary/aromatic N) is 1. The number of hydrogen-bond donors (Lipinski definition) is 2. The number of nitrogens with two attached hydrogens (primary N) is 1. The fraction of sp³-hybridized carbons (Fsp3) is 0.333. The lowest BCUT2D eigenvalue weighted by Gasteiger charge is -2.01. The van der Waals surface area contributed by atoms with Gasteiger partial charge in [-0.3, -0.25) is 4.79 Å². The van der Waals surface area contributed by atoms with Crippen LogP contribution in [-0.4, -0.2) is 17.4 Å². The molecule has 1 amide bonds. The van der Waals surface area contributed by atoms with E-state index < -0.39 is 0 Å². The zero-order valence-corrected chi connectivity index (χ0v) is 12.6. The highest BCUT2D eigenvalue weighted by atomic mass is 32.1. The molecule has 106 valence electrons. The van der Waals surface area contributed by atoms with Gasteiger partial charge in [0.2, 0.25) is 5.91 Å². The van der Waals surface area contributed by atoms with Gasteiger partial charge in [0.25, 0.3) is 0 Å². The molecule has 2 rings (SSSR count). The van der Waals surface area contributed by atoms with E-state index in [9.17, 15) is 4.79 Å². The van der Waals surface area contributed by atoms with Crippen LogP contribution in [0.3, 0.4) is 0 Å². The van der Waals surface area contributed by atoms with E-state index in [0.29, 0.717) is 18.1 Å². The first-order chi connectivity index (χ1) is 9.63. The Balaban J connectivity index is 2.19. The van der Waals surface area contributed by atoms with Gasteiger partial charge >= 0.3 is 0 Å². The second-order valence-corrected chi connectivity index (χ2v) is 5.76. The Hall–Kier alpha value is -1.72. The van der Waals surface area contributed by atoms with Crippen molar-refractivity contribution < 1.29 is 4.79 Å². The Morgan fingerprint density at radius 3 is 2.65 bits per heavy atom. The van der Waals surface area contributed by atoms with Gasteiger partial charge in [-0.2, -0.15) is 0 Å². The molecule has 4 nitrogen and oxygen atoms in total. The summed E-state index contributed by atoms with van der Waals surface area (Å²) in [5.74, 6) is -0.0888. The number of amides is 1. The maximum atomic E-state index is 11.5. The molecule has 1 aromatic heterocycles. The minimum Gasteiger partial charge on any atom is -0.330 e. The SMILES string of the molecule is CCc1ccc(-c2nc(NC(=O)CCN)sc2C)cc1. The second-order valence-electron chi connectivity index (χ2n) is 4.56. The molecular formula is C15H19N3OS. The molecule has 0 radical (unpaired) electrons. The van der Waals surface area contributed by atoms with Crippen LogP contribution in [0.2, 0.25) is 0 Å². The van der Waals surface area contributed by atoms with Crippen LogP contribution in [0.25, 0.3) is 11.3 Å². The number of aryl methyl sites for hydroxylation is 2. The molecule has 0 aliphatic rings. The number of carbonyl (C=O) groups is 1. The molecule has 5 heteroatoms. The Morgan fingerprint density at radius 1 is 1.35 bits per heavy atom. The van der Waals surface area contributed by atoms with Crippen molar-refractivity contribution in [3.05, 3.63) is 34.7 Å². The lowest BCUT2D eigenvalue weighted by atomic mass is 10.1. The van der Waals surface area contributed by atoms with E-state index in [1.807, 2.05) is 6.92 Å². The van der Waals surface area contributed by atoms with Gasteiger partial charge in [0.15, 0.2) is 5.13 Å². The zero-order valence-electron chi connectivity index (χ0n) is 11.8. The van der Waals surface area contributed by atoms with Crippen LogP contribution in [0.5, 0.6) is 0 Å². The van der Waals surface area contributed by atoms with Crippen molar-refractivity contribution in [2.75, 3.05) is 11.9 Å². The van der Waals surface area contributed by atoms with E-state index in [2.05, 4.69) is 41.5 Å². The molecule has 0 saturated carbocycles. The average Bonchev–Trinajstić information content (AvgIpc) is 2.80. The van der Waals surface area contributed by atoms with Crippen LogP contribution < -0.4 is 11.1 Å². The highest BCUT2D eigenvalue weighted by molar-refractivity contribution is 7.16. The van der Waals surface area contributed by atoms with E-state index in [-0.39, 0.29) is 5.91 Å². The fourth-order valence-electron chi connectivity index (χ4n) is 1.93. The van der Waals surface area contributed by atoms with Crippen molar-refractivity contribution in [3.8, 4) is 11.3 Å². The number of aromatic nitrogens is 1. The molecule has 20 heavy (non-hydrogen) atoms. The van der Waals surface area contributed by atoms with Crippen LogP contribution in [-0.2, 0) is 11.2 Å². The van der Waals surface area contributed by atoms with E-state index in [1.54, 1.807) is 0 Å². The summed E-state index contributed by atoms with van der Waals surface area (Å²) >= 11 is 1.49. The van der Waals surface area contributed by atoms with Crippen LogP contribution in [0.1, 0.15) is 23.8 Å². The predicted molar refractivity (Wildman–Crippen MR) is 84.0 cm³/mol. The molecule has 0 bridgehead atoms. The molecule has 0 atom stereocenters. The maximum Gasteiger partial charge on any atom is 0.227 e. The maximum absolute atomic E-state index is 11.5. The Labute approximate surface area is 123 Å². The van der Waals surface area contributed by atoms with Gasteiger partial charge in [-0.05, 0) is 18.9 Å². The first-order valence-corrected chi connectivity index (χ1v) is 7.52. The quantitative estimate of drug-likeness (QED) is 0.889. The Morgan fingerprint density at radius 2 is 2.05 bits per heavy atom. The van der Waals surface area contributed by atoms with E-state index in [0.717, 1.165) is 22.6 Å². The van der Waals surface area contributed by atoms with Gasteiger partial charge in [-0.15, -0.1) is 11.3 Å². The molecule has 0 spiro atoms. The predicted octanol–water partition coefficient (Wildman–Crippen LogP) is 2.97. The summed E-state index contributed by atoms with van der Waals surface area (Å²) in [6.07, 6.45) is 1.34. The fourth-order valence-corrected chi connectivity index (χ4v) is 2.78. The van der Waals surface area contributed by atoms with Gasteiger partial charge < -0.3 is 11.1 Å². The van der Waals surface area contributed by atoms with Crippen LogP contribution in [0.4, 0.5) is 5.13 Å². The molecule has 0 saturated heterocycles. The van der Waals surface area contributed by atoms with Gasteiger partial charge in [0.1, 0.15) is 0 Å². The Kier molecular flexibility index (Phi) is 4.87. The van der Waals surface area contributed by atoms with Crippen molar-refractivity contribution in [3.63, 3.8) is 0 Å². The molecular weight excluding hydrogens is 270 g/mol. The first kappa shape index (κ1) is 14.7. The largest absolute Gasteiger partial charge is 0.330 e. The van der Waals surface area contributed by atoms with Gasteiger partial charge in [-0.25, -0.2) is 4.98 Å². The van der Waals surface area contributed by atoms with Gasteiger partial charge in [-0.1, -0.05) is 31.2 Å². The number of benzene rings is 1. The third-order valence-electron chi connectivity index (χ3n) is 3.05.